The van der Waals surface area contributed by atoms with Crippen molar-refractivity contribution in [3.8, 4) is 17.0 Å². The Labute approximate surface area is 208 Å². The summed E-state index contributed by atoms with van der Waals surface area (Å²) in [5.74, 6) is 0.778. The van der Waals surface area contributed by atoms with E-state index in [1.807, 2.05) is 37.3 Å². The highest BCUT2D eigenvalue weighted by Gasteiger charge is 2.17. The number of hydrogen-bond acceptors (Lipinski definition) is 6. The Balaban J connectivity index is 1.32. The Bertz CT molecular complexity index is 1220. The van der Waals surface area contributed by atoms with Crippen LogP contribution in [0.3, 0.4) is 0 Å². The van der Waals surface area contributed by atoms with Gasteiger partial charge >= 0.3 is 5.63 Å². The van der Waals surface area contributed by atoms with E-state index in [1.54, 1.807) is 25.3 Å². The van der Waals surface area contributed by atoms with Crippen LogP contribution in [0.4, 0.5) is 0 Å². The van der Waals surface area contributed by atoms with Gasteiger partial charge in [-0.2, -0.15) is 0 Å². The Morgan fingerprint density at radius 3 is 2.29 bits per heavy atom. The molecule has 0 amide bonds. The average molecular weight is 500 g/mol. The van der Waals surface area contributed by atoms with E-state index >= 15 is 0 Å². The summed E-state index contributed by atoms with van der Waals surface area (Å²) in [7, 11) is -2.91. The number of ether oxygens (including phenoxy) is 1. The predicted molar refractivity (Wildman–Crippen MR) is 142 cm³/mol. The fourth-order valence-corrected chi connectivity index (χ4v) is 5.51. The molecule has 0 bridgehead atoms. The Morgan fingerprint density at radius 2 is 1.60 bits per heavy atom. The van der Waals surface area contributed by atoms with Crippen molar-refractivity contribution in [1.29, 1.82) is 0 Å². The number of unbranched alkanes of at least 4 members (excludes halogenated alkanes) is 7. The molecule has 0 aliphatic rings. The SMILES string of the molecule is CCC(C)S(=O)(=O)CCCCCCCCCCOc1cc2oc(=O)c(-c3ccccc3)cc2cn1. The van der Waals surface area contributed by atoms with Crippen LogP contribution in [-0.4, -0.2) is 31.0 Å². The molecular formula is C28H37NO5S. The van der Waals surface area contributed by atoms with Crippen LogP contribution in [0.2, 0.25) is 0 Å². The van der Waals surface area contributed by atoms with Crippen LogP contribution in [0.25, 0.3) is 22.1 Å². The Kier molecular flexibility index (Phi) is 10.3. The maximum atomic E-state index is 12.4. The maximum absolute atomic E-state index is 12.4. The van der Waals surface area contributed by atoms with Crippen molar-refractivity contribution in [2.45, 2.75) is 76.9 Å². The van der Waals surface area contributed by atoms with Gasteiger partial charge in [0.1, 0.15) is 5.58 Å². The fraction of sp³-hybridized carbons (Fsp3) is 0.500. The number of hydrogen-bond donors (Lipinski definition) is 0. The van der Waals surface area contributed by atoms with E-state index in [0.717, 1.165) is 62.3 Å². The second-order valence-corrected chi connectivity index (χ2v) is 11.7. The van der Waals surface area contributed by atoms with E-state index < -0.39 is 9.84 Å². The summed E-state index contributed by atoms with van der Waals surface area (Å²) in [6.07, 6.45) is 10.6. The van der Waals surface area contributed by atoms with Crippen molar-refractivity contribution in [3.63, 3.8) is 0 Å². The van der Waals surface area contributed by atoms with Crippen molar-refractivity contribution in [3.05, 3.63) is 59.1 Å². The number of rotatable bonds is 15. The Morgan fingerprint density at radius 1 is 0.943 bits per heavy atom. The number of nitrogens with zero attached hydrogens (tertiary/aromatic N) is 1. The molecule has 190 valence electrons. The molecule has 1 atom stereocenters. The van der Waals surface area contributed by atoms with Gasteiger partial charge in [0.15, 0.2) is 9.84 Å². The molecule has 1 unspecified atom stereocenters. The highest BCUT2D eigenvalue weighted by molar-refractivity contribution is 7.91. The van der Waals surface area contributed by atoms with Crippen LogP contribution in [0.5, 0.6) is 5.88 Å². The summed E-state index contributed by atoms with van der Waals surface area (Å²) in [6, 6.07) is 12.9. The van der Waals surface area contributed by atoms with Crippen LogP contribution in [-0.2, 0) is 9.84 Å². The first-order chi connectivity index (χ1) is 16.9. The topological polar surface area (TPSA) is 86.5 Å². The van der Waals surface area contributed by atoms with E-state index in [4.69, 9.17) is 9.15 Å². The molecule has 0 spiro atoms. The van der Waals surface area contributed by atoms with Gasteiger partial charge in [-0.1, -0.05) is 75.8 Å². The Hall–Kier alpha value is -2.67. The first-order valence-corrected chi connectivity index (χ1v) is 14.5. The van der Waals surface area contributed by atoms with Gasteiger partial charge in [0.05, 0.1) is 23.2 Å². The van der Waals surface area contributed by atoms with Crippen LogP contribution in [0.15, 0.2) is 57.9 Å². The molecule has 0 saturated carbocycles. The minimum Gasteiger partial charge on any atom is -0.478 e. The number of aromatic nitrogens is 1. The zero-order valence-electron chi connectivity index (χ0n) is 20.9. The first-order valence-electron chi connectivity index (χ1n) is 12.7. The third-order valence-electron chi connectivity index (χ3n) is 6.44. The summed E-state index contributed by atoms with van der Waals surface area (Å²) in [5.41, 5.74) is 1.43. The van der Waals surface area contributed by atoms with E-state index in [2.05, 4.69) is 4.98 Å². The number of pyridine rings is 1. The van der Waals surface area contributed by atoms with Crippen molar-refractivity contribution >= 4 is 20.8 Å². The monoisotopic (exact) mass is 499 g/mol. The van der Waals surface area contributed by atoms with Gasteiger partial charge < -0.3 is 9.15 Å². The molecule has 6 nitrogen and oxygen atoms in total. The molecule has 7 heteroatoms. The van der Waals surface area contributed by atoms with E-state index in [1.165, 1.54) is 0 Å². The van der Waals surface area contributed by atoms with Gasteiger partial charge in [0.2, 0.25) is 5.88 Å². The van der Waals surface area contributed by atoms with Crippen molar-refractivity contribution in [2.24, 2.45) is 0 Å². The third kappa shape index (κ3) is 8.20. The molecule has 0 aliphatic heterocycles. The minimum atomic E-state index is -2.91. The van der Waals surface area contributed by atoms with Gasteiger partial charge in [-0.05, 0) is 37.8 Å². The lowest BCUT2D eigenvalue weighted by Crippen LogP contribution is -2.20. The summed E-state index contributed by atoms with van der Waals surface area (Å²) >= 11 is 0. The van der Waals surface area contributed by atoms with Crippen LogP contribution in [0, 0.1) is 0 Å². The highest BCUT2D eigenvalue weighted by Crippen LogP contribution is 2.23. The second kappa shape index (κ2) is 13.4. The molecule has 0 N–H and O–H groups in total. The molecule has 1 aromatic carbocycles. The van der Waals surface area contributed by atoms with E-state index in [-0.39, 0.29) is 10.9 Å². The highest BCUT2D eigenvalue weighted by atomic mass is 32.2. The largest absolute Gasteiger partial charge is 0.478 e. The quantitative estimate of drug-likeness (QED) is 0.220. The van der Waals surface area contributed by atoms with Gasteiger partial charge in [0, 0.05) is 17.6 Å². The van der Waals surface area contributed by atoms with Crippen molar-refractivity contribution in [2.75, 3.05) is 12.4 Å². The molecule has 0 saturated heterocycles. The van der Waals surface area contributed by atoms with Crippen molar-refractivity contribution < 1.29 is 17.6 Å². The third-order valence-corrected chi connectivity index (χ3v) is 8.86. The molecule has 2 heterocycles. The second-order valence-electron chi connectivity index (χ2n) is 9.14. The molecule has 0 radical (unpaired) electrons. The van der Waals surface area contributed by atoms with Gasteiger partial charge in [-0.15, -0.1) is 0 Å². The molecule has 0 aliphatic carbocycles. The van der Waals surface area contributed by atoms with Gasteiger partial charge in [-0.25, -0.2) is 18.2 Å². The zero-order chi connectivity index (χ0) is 25.1. The molecule has 2 aromatic heterocycles. The fourth-order valence-electron chi connectivity index (χ4n) is 3.99. The summed E-state index contributed by atoms with van der Waals surface area (Å²) in [4.78, 5) is 16.8. The van der Waals surface area contributed by atoms with E-state index in [9.17, 15) is 13.2 Å². The lowest BCUT2D eigenvalue weighted by Gasteiger charge is -2.10. The zero-order valence-corrected chi connectivity index (χ0v) is 21.7. The minimum absolute atomic E-state index is 0.222. The number of sulfone groups is 1. The molecular weight excluding hydrogens is 462 g/mol. The molecule has 3 rings (SSSR count). The lowest BCUT2D eigenvalue weighted by atomic mass is 10.1. The molecule has 0 fully saturated rings. The smallest absolute Gasteiger partial charge is 0.344 e. The maximum Gasteiger partial charge on any atom is 0.344 e. The van der Waals surface area contributed by atoms with Crippen LogP contribution in [0.1, 0.15) is 71.6 Å². The lowest BCUT2D eigenvalue weighted by molar-refractivity contribution is 0.293. The molecule has 3 aromatic rings. The van der Waals surface area contributed by atoms with Crippen LogP contribution < -0.4 is 10.4 Å². The summed E-state index contributed by atoms with van der Waals surface area (Å²) in [6.45, 7) is 4.29. The van der Waals surface area contributed by atoms with Gasteiger partial charge in [0.25, 0.3) is 0 Å². The normalized spacial score (nSPS) is 12.6. The average Bonchev–Trinajstić information content (AvgIpc) is 2.86. The summed E-state index contributed by atoms with van der Waals surface area (Å²) in [5, 5.41) is 0.536. The van der Waals surface area contributed by atoms with Gasteiger partial charge in [-0.3, -0.25) is 0 Å². The number of fused-ring (bicyclic) bond motifs is 1. The first kappa shape index (κ1) is 26.9. The molecule has 35 heavy (non-hydrogen) atoms. The van der Waals surface area contributed by atoms with Crippen molar-refractivity contribution in [1.82, 2.24) is 4.98 Å². The predicted octanol–water partition coefficient (Wildman–Crippen LogP) is 6.57. The van der Waals surface area contributed by atoms with E-state index in [0.29, 0.717) is 35.8 Å². The number of benzene rings is 1. The summed E-state index contributed by atoms with van der Waals surface area (Å²) < 4.78 is 35.3. The standard InChI is InChI=1S/C28H37NO5S/c1-3-22(2)35(31,32)18-14-9-7-5-4-6-8-13-17-33-27-20-26-24(21-29-27)19-25(28(30)34-26)23-15-11-10-12-16-23/h10-12,15-16,19-22H,3-9,13-14,17-18H2,1-2H3. The van der Waals surface area contributed by atoms with Crippen LogP contribution >= 0.6 is 0 Å².